The van der Waals surface area contributed by atoms with Crippen molar-refractivity contribution in [3.63, 3.8) is 0 Å². The summed E-state index contributed by atoms with van der Waals surface area (Å²) in [7, 11) is 0. The van der Waals surface area contributed by atoms with Crippen LogP contribution in [0.5, 0.6) is 0 Å². The highest BCUT2D eigenvalue weighted by Gasteiger charge is 2.11. The average Bonchev–Trinajstić information content (AvgIpc) is 2.40. The van der Waals surface area contributed by atoms with E-state index in [1.54, 1.807) is 6.92 Å². The van der Waals surface area contributed by atoms with Crippen molar-refractivity contribution in [3.8, 4) is 0 Å². The van der Waals surface area contributed by atoms with Gasteiger partial charge in [0.15, 0.2) is 0 Å². The molecular weight excluding hydrogens is 244 g/mol. The molecule has 2 aromatic rings. The largest absolute Gasteiger partial charge is 0.478 e. The van der Waals surface area contributed by atoms with Gasteiger partial charge < -0.3 is 5.11 Å². The number of hydrogen-bond acceptors (Lipinski definition) is 3. The van der Waals surface area contributed by atoms with Gasteiger partial charge in [0.1, 0.15) is 0 Å². The van der Waals surface area contributed by atoms with Crippen LogP contribution in [-0.2, 0) is 13.0 Å². The zero-order valence-corrected chi connectivity index (χ0v) is 10.5. The summed E-state index contributed by atoms with van der Waals surface area (Å²) >= 11 is 0. The van der Waals surface area contributed by atoms with Crippen LogP contribution >= 0.6 is 0 Å². The summed E-state index contributed by atoms with van der Waals surface area (Å²) in [5.41, 5.74) is 1.02. The summed E-state index contributed by atoms with van der Waals surface area (Å²) in [6, 6.07) is 10.9. The minimum atomic E-state index is -1.13. The van der Waals surface area contributed by atoms with Gasteiger partial charge in [-0.25, -0.2) is 9.48 Å². The molecule has 0 aliphatic rings. The van der Waals surface area contributed by atoms with Crippen molar-refractivity contribution in [1.29, 1.82) is 0 Å². The lowest BCUT2D eigenvalue weighted by Gasteiger charge is -2.07. The van der Waals surface area contributed by atoms with Crippen LogP contribution < -0.4 is 5.56 Å². The van der Waals surface area contributed by atoms with Crippen molar-refractivity contribution in [2.75, 3.05) is 0 Å². The Balaban J connectivity index is 2.20. The van der Waals surface area contributed by atoms with E-state index in [4.69, 9.17) is 5.11 Å². The number of nitrogens with zero attached hydrogens (tertiary/aromatic N) is 2. The molecule has 0 fully saturated rings. The van der Waals surface area contributed by atoms with Crippen molar-refractivity contribution >= 4 is 5.97 Å². The first kappa shape index (κ1) is 13.0. The van der Waals surface area contributed by atoms with E-state index in [1.807, 2.05) is 30.3 Å². The Morgan fingerprint density at radius 1 is 1.32 bits per heavy atom. The Bertz CT molecular complexity index is 647. The van der Waals surface area contributed by atoms with Crippen molar-refractivity contribution < 1.29 is 9.90 Å². The lowest BCUT2D eigenvalue weighted by Crippen LogP contribution is -2.26. The number of aromatic carboxylic acids is 1. The van der Waals surface area contributed by atoms with Crippen LogP contribution in [0, 0.1) is 6.92 Å². The molecule has 19 heavy (non-hydrogen) atoms. The topological polar surface area (TPSA) is 72.2 Å². The third-order valence-corrected chi connectivity index (χ3v) is 2.87. The maximum atomic E-state index is 11.8. The van der Waals surface area contributed by atoms with Crippen LogP contribution in [0.3, 0.4) is 0 Å². The molecule has 0 saturated heterocycles. The first-order valence-electron chi connectivity index (χ1n) is 5.94. The number of carboxylic acid groups (broad SMARTS) is 1. The van der Waals surface area contributed by atoms with Gasteiger partial charge in [-0.15, -0.1) is 0 Å². The molecule has 2 rings (SSSR count). The molecule has 1 aromatic heterocycles. The van der Waals surface area contributed by atoms with Crippen LogP contribution in [0.4, 0.5) is 0 Å². The minimum Gasteiger partial charge on any atom is -0.478 e. The Morgan fingerprint density at radius 2 is 2.00 bits per heavy atom. The minimum absolute atomic E-state index is 0.0408. The highest BCUT2D eigenvalue weighted by Crippen LogP contribution is 2.03. The summed E-state index contributed by atoms with van der Waals surface area (Å²) < 4.78 is 1.30. The molecule has 0 aliphatic carbocycles. The van der Waals surface area contributed by atoms with E-state index >= 15 is 0 Å². The number of benzene rings is 1. The van der Waals surface area contributed by atoms with Gasteiger partial charge in [-0.2, -0.15) is 5.10 Å². The van der Waals surface area contributed by atoms with Crippen LogP contribution in [0.1, 0.15) is 21.6 Å². The summed E-state index contributed by atoms with van der Waals surface area (Å²) in [4.78, 5) is 22.6. The standard InChI is InChI=1S/C14H14N2O3/c1-10-12(14(18)19)9-13(17)16(15-10)8-7-11-5-3-2-4-6-11/h2-6,9H,7-8H2,1H3,(H,18,19). The highest BCUT2D eigenvalue weighted by molar-refractivity contribution is 5.88. The predicted octanol–water partition coefficient (Wildman–Crippen LogP) is 1.49. The molecule has 5 heteroatoms. The SMILES string of the molecule is Cc1nn(CCc2ccccc2)c(=O)cc1C(=O)O. The summed E-state index contributed by atoms with van der Waals surface area (Å²) in [5, 5.41) is 12.9. The van der Waals surface area contributed by atoms with Crippen LogP contribution in [0.2, 0.25) is 0 Å². The molecular formula is C14H14N2O3. The number of carboxylic acids is 1. The Kier molecular flexibility index (Phi) is 3.75. The molecule has 1 N–H and O–H groups in total. The molecule has 0 atom stereocenters. The number of rotatable bonds is 4. The third-order valence-electron chi connectivity index (χ3n) is 2.87. The molecule has 0 spiro atoms. The first-order chi connectivity index (χ1) is 9.08. The Hall–Kier alpha value is -2.43. The number of carbonyl (C=O) groups is 1. The number of aromatic nitrogens is 2. The molecule has 98 valence electrons. The second kappa shape index (κ2) is 5.48. The van der Waals surface area contributed by atoms with Gasteiger partial charge in [0.05, 0.1) is 11.3 Å². The van der Waals surface area contributed by atoms with Gasteiger partial charge >= 0.3 is 5.97 Å². The van der Waals surface area contributed by atoms with E-state index in [-0.39, 0.29) is 11.1 Å². The molecule has 0 bridgehead atoms. The second-order valence-corrected chi connectivity index (χ2v) is 4.25. The molecule has 0 radical (unpaired) electrons. The van der Waals surface area contributed by atoms with E-state index in [9.17, 15) is 9.59 Å². The van der Waals surface area contributed by atoms with E-state index < -0.39 is 5.97 Å². The summed E-state index contributed by atoms with van der Waals surface area (Å²) in [6.45, 7) is 2.02. The zero-order chi connectivity index (χ0) is 13.8. The van der Waals surface area contributed by atoms with Crippen molar-refractivity contribution in [1.82, 2.24) is 9.78 Å². The predicted molar refractivity (Wildman–Crippen MR) is 70.3 cm³/mol. The third kappa shape index (κ3) is 3.07. The van der Waals surface area contributed by atoms with Gasteiger partial charge in [-0.3, -0.25) is 4.79 Å². The Labute approximate surface area is 110 Å². The lowest BCUT2D eigenvalue weighted by molar-refractivity contribution is 0.0695. The molecule has 0 saturated carbocycles. The van der Waals surface area contributed by atoms with Gasteiger partial charge in [0, 0.05) is 12.6 Å². The number of aryl methyl sites for hydroxylation is 3. The molecule has 5 nitrogen and oxygen atoms in total. The molecule has 0 amide bonds. The fraction of sp³-hybridized carbons (Fsp3) is 0.214. The molecule has 1 heterocycles. The fourth-order valence-electron chi connectivity index (χ4n) is 1.84. The smallest absolute Gasteiger partial charge is 0.337 e. The van der Waals surface area contributed by atoms with Crippen LogP contribution in [-0.4, -0.2) is 20.9 Å². The second-order valence-electron chi connectivity index (χ2n) is 4.25. The summed E-state index contributed by atoms with van der Waals surface area (Å²) in [6.07, 6.45) is 0.680. The Morgan fingerprint density at radius 3 is 2.63 bits per heavy atom. The van der Waals surface area contributed by atoms with Gasteiger partial charge in [0.25, 0.3) is 5.56 Å². The monoisotopic (exact) mass is 258 g/mol. The lowest BCUT2D eigenvalue weighted by atomic mass is 10.1. The van der Waals surface area contributed by atoms with Crippen LogP contribution in [0.15, 0.2) is 41.2 Å². The molecule has 0 aliphatic heterocycles. The first-order valence-corrected chi connectivity index (χ1v) is 5.94. The van der Waals surface area contributed by atoms with E-state index in [0.29, 0.717) is 18.7 Å². The van der Waals surface area contributed by atoms with Gasteiger partial charge in [-0.1, -0.05) is 30.3 Å². The summed E-state index contributed by atoms with van der Waals surface area (Å²) in [5.74, 6) is -1.13. The average molecular weight is 258 g/mol. The highest BCUT2D eigenvalue weighted by atomic mass is 16.4. The number of hydrogen-bond donors (Lipinski definition) is 1. The normalized spacial score (nSPS) is 10.4. The van der Waals surface area contributed by atoms with E-state index in [1.165, 1.54) is 4.68 Å². The zero-order valence-electron chi connectivity index (χ0n) is 10.5. The maximum Gasteiger partial charge on any atom is 0.337 e. The van der Waals surface area contributed by atoms with E-state index in [0.717, 1.165) is 11.6 Å². The molecule has 1 aromatic carbocycles. The van der Waals surface area contributed by atoms with Crippen molar-refractivity contribution in [2.24, 2.45) is 0 Å². The van der Waals surface area contributed by atoms with Gasteiger partial charge in [-0.05, 0) is 18.9 Å². The maximum absolute atomic E-state index is 11.8. The molecule has 0 unspecified atom stereocenters. The van der Waals surface area contributed by atoms with Crippen molar-refractivity contribution in [2.45, 2.75) is 19.9 Å². The van der Waals surface area contributed by atoms with Crippen molar-refractivity contribution in [3.05, 3.63) is 63.6 Å². The van der Waals surface area contributed by atoms with Gasteiger partial charge in [0.2, 0.25) is 0 Å². The van der Waals surface area contributed by atoms with E-state index in [2.05, 4.69) is 5.10 Å². The quantitative estimate of drug-likeness (QED) is 0.901. The fourth-order valence-corrected chi connectivity index (χ4v) is 1.84. The van der Waals surface area contributed by atoms with Crippen LogP contribution in [0.25, 0.3) is 0 Å².